The molecule has 19 heavy (non-hydrogen) atoms. The predicted octanol–water partition coefficient (Wildman–Crippen LogP) is 1.66. The van der Waals surface area contributed by atoms with Crippen molar-refractivity contribution in [2.75, 3.05) is 5.32 Å². The van der Waals surface area contributed by atoms with E-state index in [9.17, 15) is 9.59 Å². The van der Waals surface area contributed by atoms with Crippen molar-refractivity contribution in [1.82, 2.24) is 15.3 Å². The molecule has 0 unspecified atom stereocenters. The van der Waals surface area contributed by atoms with Crippen LogP contribution in [0.25, 0.3) is 11.0 Å². The summed E-state index contributed by atoms with van der Waals surface area (Å²) in [6, 6.07) is 1.79. The lowest BCUT2D eigenvalue weighted by molar-refractivity contribution is -0.114. The molecule has 6 nitrogen and oxygen atoms in total. The molecule has 2 aromatic heterocycles. The highest BCUT2D eigenvalue weighted by atomic mass is 16.2. The molecule has 2 heterocycles. The third-order valence-corrected chi connectivity index (χ3v) is 2.52. The summed E-state index contributed by atoms with van der Waals surface area (Å²) in [7, 11) is 0. The molecule has 6 heteroatoms. The molecule has 2 aromatic rings. The molecule has 0 fully saturated rings. The molecular weight excluding hydrogens is 244 g/mol. The molecule has 0 saturated heterocycles. The summed E-state index contributed by atoms with van der Waals surface area (Å²) in [6.45, 7) is 5.22. The molecular formula is C13H16N4O2. The van der Waals surface area contributed by atoms with Gasteiger partial charge in [-0.25, -0.2) is 4.98 Å². The molecule has 2 amide bonds. The van der Waals surface area contributed by atoms with Crippen molar-refractivity contribution in [3.8, 4) is 0 Å². The smallest absolute Gasteiger partial charge is 0.253 e. The molecule has 100 valence electrons. The Bertz CT molecular complexity index is 631. The van der Waals surface area contributed by atoms with Gasteiger partial charge in [-0.15, -0.1) is 0 Å². The monoisotopic (exact) mass is 260 g/mol. The van der Waals surface area contributed by atoms with Crippen molar-refractivity contribution in [3.63, 3.8) is 0 Å². The van der Waals surface area contributed by atoms with E-state index in [-0.39, 0.29) is 17.9 Å². The van der Waals surface area contributed by atoms with Gasteiger partial charge in [0.2, 0.25) is 5.91 Å². The van der Waals surface area contributed by atoms with E-state index in [2.05, 4.69) is 20.6 Å². The summed E-state index contributed by atoms with van der Waals surface area (Å²) < 4.78 is 0. The molecule has 0 radical (unpaired) electrons. The van der Waals surface area contributed by atoms with E-state index >= 15 is 0 Å². The number of aromatic nitrogens is 2. The number of nitrogens with one attached hydrogen (secondary N) is 3. The number of H-pyrrole nitrogens is 1. The Morgan fingerprint density at radius 1 is 1.37 bits per heavy atom. The zero-order valence-electron chi connectivity index (χ0n) is 11.1. The molecule has 0 atom stereocenters. The molecule has 0 aliphatic carbocycles. The number of anilines is 1. The number of fused-ring (bicyclic) bond motifs is 1. The minimum atomic E-state index is -0.176. The van der Waals surface area contributed by atoms with Crippen molar-refractivity contribution in [1.29, 1.82) is 0 Å². The van der Waals surface area contributed by atoms with E-state index < -0.39 is 0 Å². The number of carbonyl (C=O) groups excluding carboxylic acids is 2. The van der Waals surface area contributed by atoms with Gasteiger partial charge in [0.15, 0.2) is 0 Å². The van der Waals surface area contributed by atoms with Crippen LogP contribution in [0.5, 0.6) is 0 Å². The summed E-state index contributed by atoms with van der Waals surface area (Å²) in [5.41, 5.74) is 1.70. The number of nitrogens with zero attached hydrogens (tertiary/aromatic N) is 1. The highest BCUT2D eigenvalue weighted by molar-refractivity contribution is 6.07. The first-order valence-corrected chi connectivity index (χ1v) is 6.03. The lowest BCUT2D eigenvalue weighted by Crippen LogP contribution is -2.29. The van der Waals surface area contributed by atoms with Crippen LogP contribution in [-0.2, 0) is 4.79 Å². The highest BCUT2D eigenvalue weighted by Gasteiger charge is 2.14. The number of hydrogen-bond donors (Lipinski definition) is 3. The van der Waals surface area contributed by atoms with Crippen molar-refractivity contribution >= 4 is 28.5 Å². The summed E-state index contributed by atoms with van der Waals surface area (Å²) in [4.78, 5) is 30.1. The summed E-state index contributed by atoms with van der Waals surface area (Å²) in [6.07, 6.45) is 3.16. The van der Waals surface area contributed by atoms with Crippen LogP contribution in [0, 0.1) is 0 Å². The average molecular weight is 260 g/mol. The highest BCUT2D eigenvalue weighted by Crippen LogP contribution is 2.20. The third-order valence-electron chi connectivity index (χ3n) is 2.52. The second kappa shape index (κ2) is 5.09. The first kappa shape index (κ1) is 13.1. The van der Waals surface area contributed by atoms with E-state index in [1.807, 2.05) is 13.8 Å². The van der Waals surface area contributed by atoms with E-state index in [0.717, 1.165) is 0 Å². The van der Waals surface area contributed by atoms with Crippen LogP contribution in [0.2, 0.25) is 0 Å². The fourth-order valence-corrected chi connectivity index (χ4v) is 1.80. The SMILES string of the molecule is CC(=O)Nc1cnc2[nH]cc(C(=O)NC(C)C)c2c1. The van der Waals surface area contributed by atoms with E-state index in [1.54, 1.807) is 18.5 Å². The van der Waals surface area contributed by atoms with Gasteiger partial charge >= 0.3 is 0 Å². The molecule has 0 aromatic carbocycles. The number of rotatable bonds is 3. The number of aromatic amines is 1. The Balaban J connectivity index is 2.39. The van der Waals surface area contributed by atoms with Crippen LogP contribution in [0.15, 0.2) is 18.5 Å². The fourth-order valence-electron chi connectivity index (χ4n) is 1.80. The molecule has 0 aliphatic heterocycles. The van der Waals surface area contributed by atoms with Crippen LogP contribution in [-0.4, -0.2) is 27.8 Å². The van der Waals surface area contributed by atoms with Gasteiger partial charge in [-0.3, -0.25) is 9.59 Å². The molecule has 0 bridgehead atoms. The third kappa shape index (κ3) is 2.90. The minimum absolute atomic E-state index is 0.0592. The largest absolute Gasteiger partial charge is 0.350 e. The van der Waals surface area contributed by atoms with Gasteiger partial charge in [0.1, 0.15) is 5.65 Å². The van der Waals surface area contributed by atoms with Crippen molar-refractivity contribution in [3.05, 3.63) is 24.0 Å². The average Bonchev–Trinajstić information content (AvgIpc) is 2.70. The van der Waals surface area contributed by atoms with Gasteiger partial charge in [-0.05, 0) is 19.9 Å². The van der Waals surface area contributed by atoms with Crippen molar-refractivity contribution in [2.45, 2.75) is 26.8 Å². The van der Waals surface area contributed by atoms with Crippen LogP contribution in [0.1, 0.15) is 31.1 Å². The maximum atomic E-state index is 12.0. The van der Waals surface area contributed by atoms with E-state index in [0.29, 0.717) is 22.3 Å². The molecule has 0 aliphatic rings. The number of pyridine rings is 1. The quantitative estimate of drug-likeness (QED) is 0.784. The normalized spacial score (nSPS) is 10.7. The number of amides is 2. The Labute approximate surface area is 110 Å². The molecule has 0 spiro atoms. The first-order valence-electron chi connectivity index (χ1n) is 6.03. The van der Waals surface area contributed by atoms with Crippen LogP contribution >= 0.6 is 0 Å². The lowest BCUT2D eigenvalue weighted by Gasteiger charge is -2.07. The van der Waals surface area contributed by atoms with Crippen LogP contribution in [0.3, 0.4) is 0 Å². The summed E-state index contributed by atoms with van der Waals surface area (Å²) >= 11 is 0. The lowest BCUT2D eigenvalue weighted by atomic mass is 10.2. The fraction of sp³-hybridized carbons (Fsp3) is 0.308. The van der Waals surface area contributed by atoms with Gasteiger partial charge in [0.05, 0.1) is 17.4 Å². The van der Waals surface area contributed by atoms with Gasteiger partial charge in [0.25, 0.3) is 5.91 Å². The number of hydrogen-bond acceptors (Lipinski definition) is 3. The first-order chi connectivity index (χ1) is 8.97. The van der Waals surface area contributed by atoms with Gasteiger partial charge in [-0.1, -0.05) is 0 Å². The van der Waals surface area contributed by atoms with E-state index in [1.165, 1.54) is 6.92 Å². The molecule has 2 rings (SSSR count). The van der Waals surface area contributed by atoms with Gasteiger partial charge < -0.3 is 15.6 Å². The zero-order valence-corrected chi connectivity index (χ0v) is 11.1. The summed E-state index contributed by atoms with van der Waals surface area (Å²) in [5, 5.41) is 6.15. The van der Waals surface area contributed by atoms with Crippen LogP contribution in [0.4, 0.5) is 5.69 Å². The maximum absolute atomic E-state index is 12.0. The topological polar surface area (TPSA) is 86.9 Å². The summed E-state index contributed by atoms with van der Waals surface area (Å²) in [5.74, 6) is -0.340. The van der Waals surface area contributed by atoms with E-state index in [4.69, 9.17) is 0 Å². The molecule has 0 saturated carbocycles. The molecule has 3 N–H and O–H groups in total. The maximum Gasteiger partial charge on any atom is 0.253 e. The van der Waals surface area contributed by atoms with Gasteiger partial charge in [-0.2, -0.15) is 0 Å². The Kier molecular flexibility index (Phi) is 3.50. The predicted molar refractivity (Wildman–Crippen MR) is 73.0 cm³/mol. The Hall–Kier alpha value is -2.37. The second-order valence-electron chi connectivity index (χ2n) is 4.63. The second-order valence-corrected chi connectivity index (χ2v) is 4.63. The Morgan fingerprint density at radius 2 is 2.11 bits per heavy atom. The Morgan fingerprint density at radius 3 is 2.74 bits per heavy atom. The number of carbonyl (C=O) groups is 2. The van der Waals surface area contributed by atoms with Crippen LogP contribution < -0.4 is 10.6 Å². The van der Waals surface area contributed by atoms with Crippen molar-refractivity contribution in [2.24, 2.45) is 0 Å². The minimum Gasteiger partial charge on any atom is -0.350 e. The standard InChI is InChI=1S/C13H16N4O2/c1-7(2)16-13(19)11-6-15-12-10(11)4-9(5-14-12)17-8(3)18/h4-7H,1-3H3,(H,14,15)(H,16,19)(H,17,18). The van der Waals surface area contributed by atoms with Crippen molar-refractivity contribution < 1.29 is 9.59 Å². The van der Waals surface area contributed by atoms with Gasteiger partial charge in [0, 0.05) is 24.5 Å². The zero-order chi connectivity index (χ0) is 14.0.